The number of nitrogens with zero attached hydrogens (tertiary/aromatic N) is 3. The van der Waals surface area contributed by atoms with Gasteiger partial charge in [-0.3, -0.25) is 9.78 Å². The van der Waals surface area contributed by atoms with Gasteiger partial charge in [-0.05, 0) is 68.3 Å². The van der Waals surface area contributed by atoms with Crippen molar-refractivity contribution in [2.75, 3.05) is 32.7 Å². The number of carbonyl (C=O) groups excluding carboxylic acids is 1. The van der Waals surface area contributed by atoms with Crippen molar-refractivity contribution in [3.05, 3.63) is 41.6 Å². The fourth-order valence-corrected chi connectivity index (χ4v) is 3.56. The van der Waals surface area contributed by atoms with E-state index in [1.165, 1.54) is 5.56 Å². The molecule has 1 amide bonds. The summed E-state index contributed by atoms with van der Waals surface area (Å²) in [5.41, 5.74) is 3.32. The predicted octanol–water partition coefficient (Wildman–Crippen LogP) is 4.61. The molecule has 5 nitrogen and oxygen atoms in total. The third-order valence-electron chi connectivity index (χ3n) is 5.50. The van der Waals surface area contributed by atoms with Crippen molar-refractivity contribution in [3.63, 3.8) is 0 Å². The lowest BCUT2D eigenvalue weighted by Crippen LogP contribution is -2.34. The van der Waals surface area contributed by atoms with Crippen molar-refractivity contribution < 1.29 is 4.79 Å². The summed E-state index contributed by atoms with van der Waals surface area (Å²) >= 11 is 4.66. The molecule has 2 aromatic rings. The van der Waals surface area contributed by atoms with Crippen molar-refractivity contribution in [2.24, 2.45) is 4.99 Å². The molecule has 1 aromatic carbocycles. The van der Waals surface area contributed by atoms with E-state index in [4.69, 9.17) is 4.98 Å². The van der Waals surface area contributed by atoms with Gasteiger partial charge in [0.1, 0.15) is 0 Å². The van der Waals surface area contributed by atoms with Gasteiger partial charge in [-0.2, -0.15) is 0 Å². The van der Waals surface area contributed by atoms with Crippen LogP contribution in [-0.2, 0) is 11.2 Å². The van der Waals surface area contributed by atoms with E-state index in [-0.39, 0.29) is 5.91 Å². The molecular formula is C24H34N4OS. The molecule has 30 heavy (non-hydrogen) atoms. The summed E-state index contributed by atoms with van der Waals surface area (Å²) in [5, 5.41) is 6.59. The molecule has 1 aromatic heterocycles. The molecule has 0 aliphatic carbocycles. The van der Waals surface area contributed by atoms with Crippen molar-refractivity contribution in [3.8, 4) is 0 Å². The minimum atomic E-state index is 0.147. The van der Waals surface area contributed by atoms with Crippen molar-refractivity contribution in [1.82, 2.24) is 15.2 Å². The number of aryl methyl sites for hydroxylation is 1. The number of rotatable bonds is 13. The summed E-state index contributed by atoms with van der Waals surface area (Å²) in [6.07, 6.45) is 3.32. The molecule has 1 atom stereocenters. The van der Waals surface area contributed by atoms with Gasteiger partial charge < -0.3 is 10.2 Å². The third-order valence-corrected chi connectivity index (χ3v) is 5.63. The van der Waals surface area contributed by atoms with Gasteiger partial charge in [0.05, 0.1) is 17.2 Å². The van der Waals surface area contributed by atoms with Crippen LogP contribution in [0.2, 0.25) is 0 Å². The molecule has 0 saturated heterocycles. The second-order valence-corrected chi connectivity index (χ2v) is 7.85. The molecule has 1 N–H and O–H groups in total. The molecule has 1 unspecified atom stereocenters. The minimum Gasteiger partial charge on any atom is -0.355 e. The number of fused-ring (bicyclic) bond motifs is 1. The minimum absolute atomic E-state index is 0.147. The van der Waals surface area contributed by atoms with Crippen LogP contribution in [0.25, 0.3) is 10.9 Å². The number of aliphatic imine (C=N–C) groups is 1. The number of amides is 1. The molecule has 0 radical (unpaired) electrons. The van der Waals surface area contributed by atoms with Crippen LogP contribution in [0.5, 0.6) is 0 Å². The smallest absolute Gasteiger partial charge is 0.220 e. The first-order chi connectivity index (χ1) is 14.6. The van der Waals surface area contributed by atoms with Gasteiger partial charge in [-0.1, -0.05) is 32.9 Å². The van der Waals surface area contributed by atoms with Gasteiger partial charge in [0.15, 0.2) is 0 Å². The fourth-order valence-electron chi connectivity index (χ4n) is 3.48. The quantitative estimate of drug-likeness (QED) is 0.289. The summed E-state index contributed by atoms with van der Waals surface area (Å²) in [6.45, 7) is 10.8. The molecule has 6 heteroatoms. The second kappa shape index (κ2) is 13.2. The number of benzene rings is 1. The molecular weight excluding hydrogens is 392 g/mol. The first kappa shape index (κ1) is 24.1. The Morgan fingerprint density at radius 2 is 2.03 bits per heavy atom. The predicted molar refractivity (Wildman–Crippen MR) is 128 cm³/mol. The zero-order valence-electron chi connectivity index (χ0n) is 18.5. The van der Waals surface area contributed by atoms with E-state index in [2.05, 4.69) is 83.7 Å². The lowest BCUT2D eigenvalue weighted by Gasteiger charge is -2.17. The SMILES string of the molecule is CCN(CC)CCNC(=O)CCCCc1ccc2cc(C(C)CN=C=S)ccc2n1. The first-order valence-electron chi connectivity index (χ1n) is 11.0. The second-order valence-electron chi connectivity index (χ2n) is 7.67. The molecule has 0 fully saturated rings. The highest BCUT2D eigenvalue weighted by molar-refractivity contribution is 7.78. The first-order valence-corrected chi connectivity index (χ1v) is 11.4. The van der Waals surface area contributed by atoms with Crippen LogP contribution < -0.4 is 5.32 Å². The van der Waals surface area contributed by atoms with Gasteiger partial charge in [-0.25, -0.2) is 4.99 Å². The Kier molecular flexibility index (Phi) is 10.6. The summed E-state index contributed by atoms with van der Waals surface area (Å²) in [5.74, 6) is 0.455. The fraction of sp³-hybridized carbons (Fsp3) is 0.542. The Morgan fingerprint density at radius 3 is 2.77 bits per heavy atom. The molecule has 1 heterocycles. The van der Waals surface area contributed by atoms with Gasteiger partial charge in [0, 0.05) is 36.5 Å². The van der Waals surface area contributed by atoms with Crippen molar-refractivity contribution >= 4 is 34.2 Å². The Labute approximate surface area is 186 Å². The van der Waals surface area contributed by atoms with E-state index in [1.54, 1.807) is 0 Å². The maximum atomic E-state index is 12.0. The average Bonchev–Trinajstić information content (AvgIpc) is 2.77. The number of hydrogen-bond donors (Lipinski definition) is 1. The number of aromatic nitrogens is 1. The van der Waals surface area contributed by atoms with E-state index >= 15 is 0 Å². The average molecular weight is 427 g/mol. The molecule has 0 spiro atoms. The summed E-state index contributed by atoms with van der Waals surface area (Å²) < 4.78 is 0. The number of hydrogen-bond acceptors (Lipinski definition) is 5. The van der Waals surface area contributed by atoms with Crippen molar-refractivity contribution in [1.29, 1.82) is 0 Å². The Hall–Kier alpha value is -2.14. The highest BCUT2D eigenvalue weighted by Crippen LogP contribution is 2.21. The highest BCUT2D eigenvalue weighted by atomic mass is 32.1. The molecule has 162 valence electrons. The van der Waals surface area contributed by atoms with Gasteiger partial charge in [-0.15, -0.1) is 0 Å². The zero-order chi connectivity index (χ0) is 21.8. The van der Waals surface area contributed by atoms with Crippen LogP contribution in [0.15, 0.2) is 35.3 Å². The number of thiocarbonyl (C=S) groups is 1. The maximum Gasteiger partial charge on any atom is 0.220 e. The molecule has 0 aliphatic heterocycles. The summed E-state index contributed by atoms with van der Waals surface area (Å²) in [6, 6.07) is 10.6. The van der Waals surface area contributed by atoms with E-state index in [9.17, 15) is 4.79 Å². The van der Waals surface area contributed by atoms with Gasteiger partial charge in [0.2, 0.25) is 5.91 Å². The van der Waals surface area contributed by atoms with Crippen LogP contribution in [0, 0.1) is 0 Å². The topological polar surface area (TPSA) is 57.6 Å². The zero-order valence-corrected chi connectivity index (χ0v) is 19.3. The van der Waals surface area contributed by atoms with Gasteiger partial charge >= 0.3 is 0 Å². The summed E-state index contributed by atoms with van der Waals surface area (Å²) in [7, 11) is 0. The molecule has 0 bridgehead atoms. The normalized spacial score (nSPS) is 12.0. The standard InChI is InChI=1S/C24H34N4OS/c1-4-28(5-2)15-14-26-24(29)9-7-6-8-22-12-10-21-16-20(11-13-23(21)27-22)19(3)17-25-18-30/h10-13,16,19H,4-9,14-15,17H2,1-3H3,(H,26,29). The third kappa shape index (κ3) is 7.94. The number of nitrogens with one attached hydrogen (secondary N) is 1. The van der Waals surface area contributed by atoms with Crippen LogP contribution in [0.3, 0.4) is 0 Å². The lowest BCUT2D eigenvalue weighted by atomic mass is 9.99. The van der Waals surface area contributed by atoms with Crippen LogP contribution in [0.1, 0.15) is 57.2 Å². The van der Waals surface area contributed by atoms with Crippen molar-refractivity contribution in [2.45, 2.75) is 52.4 Å². The maximum absolute atomic E-state index is 12.0. The number of carbonyl (C=O) groups is 1. The molecule has 2 rings (SSSR count). The Bertz CT molecular complexity index is 859. The van der Waals surface area contributed by atoms with Crippen LogP contribution in [0.4, 0.5) is 0 Å². The molecule has 0 saturated carbocycles. The number of isothiocyanates is 1. The monoisotopic (exact) mass is 426 g/mol. The molecule has 0 aliphatic rings. The van der Waals surface area contributed by atoms with E-state index in [1.807, 2.05) is 0 Å². The number of unbranched alkanes of at least 4 members (excludes halogenated alkanes) is 1. The van der Waals surface area contributed by atoms with Gasteiger partial charge in [0.25, 0.3) is 0 Å². The van der Waals surface area contributed by atoms with E-state index in [0.717, 1.165) is 62.0 Å². The van der Waals surface area contributed by atoms with E-state index in [0.29, 0.717) is 18.9 Å². The Morgan fingerprint density at radius 1 is 1.23 bits per heavy atom. The number of likely N-dealkylation sites (N-methyl/N-ethyl adjacent to an activating group) is 1. The van der Waals surface area contributed by atoms with Crippen LogP contribution >= 0.6 is 12.2 Å². The lowest BCUT2D eigenvalue weighted by molar-refractivity contribution is -0.121. The summed E-state index contributed by atoms with van der Waals surface area (Å²) in [4.78, 5) is 23.1. The van der Waals surface area contributed by atoms with Crippen LogP contribution in [-0.4, -0.2) is 53.7 Å². The Balaban J connectivity index is 1.77. The number of pyridine rings is 1. The largest absolute Gasteiger partial charge is 0.355 e. The highest BCUT2D eigenvalue weighted by Gasteiger charge is 2.07. The van der Waals surface area contributed by atoms with E-state index < -0.39 is 0 Å².